The van der Waals surface area contributed by atoms with Crippen molar-refractivity contribution in [2.45, 2.75) is 5.03 Å². The molecule has 0 atom stereocenters. The molecule has 0 aliphatic rings. The Morgan fingerprint density at radius 1 is 1.58 bits per heavy atom. The fourth-order valence-electron chi connectivity index (χ4n) is 0.525. The Kier molecular flexibility index (Phi) is 5.23. The maximum atomic E-state index is 9.79. The standard InChI is InChI=1S/C6H5N3OS.ClH/c7-6(9-10)11-5-3-1-2-4-8-5;/h1-4,7H;1H. The van der Waals surface area contributed by atoms with E-state index in [1.807, 2.05) is 0 Å². The minimum Gasteiger partial charge on any atom is -0.274 e. The lowest BCUT2D eigenvalue weighted by molar-refractivity contribution is 1.14. The van der Waals surface area contributed by atoms with Gasteiger partial charge in [-0.1, -0.05) is 6.07 Å². The molecule has 4 nitrogen and oxygen atoms in total. The number of nitrogens with one attached hydrogen (secondary N) is 1. The Labute approximate surface area is 79.7 Å². The third-order valence-electron chi connectivity index (χ3n) is 0.922. The van der Waals surface area contributed by atoms with E-state index in [0.717, 1.165) is 11.8 Å². The van der Waals surface area contributed by atoms with Gasteiger partial charge in [-0.15, -0.1) is 17.3 Å². The molecule has 1 N–H and O–H groups in total. The molecule has 0 fully saturated rings. The molecule has 12 heavy (non-hydrogen) atoms. The van der Waals surface area contributed by atoms with Gasteiger partial charge in [0.25, 0.3) is 0 Å². The predicted molar refractivity (Wildman–Crippen MR) is 50.9 cm³/mol. The molecule has 0 unspecified atom stereocenters. The Morgan fingerprint density at radius 3 is 2.83 bits per heavy atom. The molecular formula is C6H6ClN3OS. The van der Waals surface area contributed by atoms with Crippen LogP contribution in [0.3, 0.4) is 0 Å². The zero-order valence-corrected chi connectivity index (χ0v) is 7.56. The third-order valence-corrected chi connectivity index (χ3v) is 1.64. The molecule has 0 bridgehead atoms. The number of thioether (sulfide) groups is 1. The Morgan fingerprint density at radius 2 is 2.33 bits per heavy atom. The lowest BCUT2D eigenvalue weighted by Gasteiger charge is -1.92. The van der Waals surface area contributed by atoms with Gasteiger partial charge in [0.15, 0.2) is 0 Å². The summed E-state index contributed by atoms with van der Waals surface area (Å²) in [6.45, 7) is 0. The van der Waals surface area contributed by atoms with E-state index in [-0.39, 0.29) is 17.6 Å². The molecule has 0 aromatic carbocycles. The smallest absolute Gasteiger partial charge is 0.230 e. The summed E-state index contributed by atoms with van der Waals surface area (Å²) in [5.74, 6) is 0. The van der Waals surface area contributed by atoms with Gasteiger partial charge in [-0.25, -0.2) is 4.98 Å². The topological polar surface area (TPSA) is 66.2 Å². The van der Waals surface area contributed by atoms with Gasteiger partial charge in [-0.3, -0.25) is 5.41 Å². The van der Waals surface area contributed by atoms with Crippen LogP contribution in [0, 0.1) is 10.3 Å². The van der Waals surface area contributed by atoms with E-state index in [1.165, 1.54) is 0 Å². The first-order chi connectivity index (χ1) is 5.33. The fraction of sp³-hybridized carbons (Fsp3) is 0. The van der Waals surface area contributed by atoms with Crippen molar-refractivity contribution < 1.29 is 0 Å². The average molecular weight is 204 g/mol. The molecule has 0 saturated heterocycles. The number of aromatic nitrogens is 1. The van der Waals surface area contributed by atoms with E-state index in [4.69, 9.17) is 5.41 Å². The summed E-state index contributed by atoms with van der Waals surface area (Å²) in [7, 11) is 0. The van der Waals surface area contributed by atoms with Crippen LogP contribution in [0.15, 0.2) is 34.6 Å². The zero-order valence-electron chi connectivity index (χ0n) is 5.93. The van der Waals surface area contributed by atoms with Gasteiger partial charge in [0.2, 0.25) is 5.17 Å². The molecule has 0 spiro atoms. The van der Waals surface area contributed by atoms with Gasteiger partial charge >= 0.3 is 0 Å². The van der Waals surface area contributed by atoms with Crippen molar-refractivity contribution in [3.8, 4) is 0 Å². The highest BCUT2D eigenvalue weighted by molar-refractivity contribution is 8.13. The minimum absolute atomic E-state index is 0. The Bertz CT molecular complexity index is 267. The number of amidine groups is 1. The van der Waals surface area contributed by atoms with Crippen molar-refractivity contribution in [2.75, 3.05) is 0 Å². The number of nitrogens with zero attached hydrogens (tertiary/aromatic N) is 2. The normalized spacial score (nSPS) is 8.33. The van der Waals surface area contributed by atoms with Gasteiger partial charge in [0.05, 0.1) is 0 Å². The van der Waals surface area contributed by atoms with Gasteiger partial charge in [0, 0.05) is 6.20 Å². The van der Waals surface area contributed by atoms with E-state index < -0.39 is 0 Å². The van der Waals surface area contributed by atoms with Crippen LogP contribution in [0.4, 0.5) is 0 Å². The fourth-order valence-corrected chi connectivity index (χ4v) is 1.02. The van der Waals surface area contributed by atoms with E-state index >= 15 is 0 Å². The van der Waals surface area contributed by atoms with Gasteiger partial charge in [-0.2, -0.15) is 0 Å². The summed E-state index contributed by atoms with van der Waals surface area (Å²) in [4.78, 5) is 13.7. The second-order valence-corrected chi connectivity index (χ2v) is 2.68. The molecule has 0 radical (unpaired) electrons. The van der Waals surface area contributed by atoms with E-state index in [2.05, 4.69) is 10.2 Å². The van der Waals surface area contributed by atoms with E-state index in [0.29, 0.717) is 5.03 Å². The van der Waals surface area contributed by atoms with Gasteiger partial charge < -0.3 is 0 Å². The van der Waals surface area contributed by atoms with Crippen molar-refractivity contribution >= 4 is 29.3 Å². The summed E-state index contributed by atoms with van der Waals surface area (Å²) < 4.78 is 0. The first-order valence-corrected chi connectivity index (χ1v) is 3.65. The van der Waals surface area contributed by atoms with E-state index in [9.17, 15) is 4.91 Å². The summed E-state index contributed by atoms with van der Waals surface area (Å²) in [6, 6.07) is 5.26. The monoisotopic (exact) mass is 203 g/mol. The summed E-state index contributed by atoms with van der Waals surface area (Å²) in [5.41, 5.74) is 0. The van der Waals surface area contributed by atoms with Gasteiger partial charge in [-0.05, 0) is 29.1 Å². The van der Waals surface area contributed by atoms with Crippen LogP contribution in [0.25, 0.3) is 0 Å². The third kappa shape index (κ3) is 3.45. The Hall–Kier alpha value is -0.940. The highest BCUT2D eigenvalue weighted by Gasteiger charge is 1.98. The van der Waals surface area contributed by atoms with Crippen LogP contribution in [0.1, 0.15) is 0 Å². The van der Waals surface area contributed by atoms with Crippen LogP contribution < -0.4 is 0 Å². The second-order valence-electron chi connectivity index (χ2n) is 1.67. The maximum Gasteiger partial charge on any atom is 0.230 e. The lowest BCUT2D eigenvalue weighted by Crippen LogP contribution is -1.83. The highest BCUT2D eigenvalue weighted by atomic mass is 35.5. The SMILES string of the molecule is Cl.N=C(N=O)Sc1ccccn1. The zero-order chi connectivity index (χ0) is 8.10. The van der Waals surface area contributed by atoms with Crippen molar-refractivity contribution in [1.82, 2.24) is 4.98 Å². The molecule has 0 saturated carbocycles. The average Bonchev–Trinajstić information content (AvgIpc) is 2.06. The second kappa shape index (κ2) is 5.68. The molecule has 6 heteroatoms. The first kappa shape index (κ1) is 11.1. The number of pyridine rings is 1. The van der Waals surface area contributed by atoms with Crippen molar-refractivity contribution in [1.29, 1.82) is 5.41 Å². The Balaban J connectivity index is 0.00000121. The highest BCUT2D eigenvalue weighted by Crippen LogP contribution is 2.14. The number of hydrogen-bond acceptors (Lipinski definition) is 4. The number of hydrogen-bond donors (Lipinski definition) is 1. The van der Waals surface area contributed by atoms with Crippen LogP contribution >= 0.6 is 24.2 Å². The number of nitroso groups, excluding NO2 is 1. The summed E-state index contributed by atoms with van der Waals surface area (Å²) in [6.07, 6.45) is 1.60. The molecule has 1 aromatic rings. The first-order valence-electron chi connectivity index (χ1n) is 2.83. The van der Waals surface area contributed by atoms with Crippen molar-refractivity contribution in [3.63, 3.8) is 0 Å². The summed E-state index contributed by atoms with van der Waals surface area (Å²) >= 11 is 0.937. The predicted octanol–water partition coefficient (Wildman–Crippen LogP) is 2.30. The quantitative estimate of drug-likeness (QED) is 0.330. The molecule has 0 amide bonds. The molecule has 0 aliphatic carbocycles. The molecule has 1 aromatic heterocycles. The maximum absolute atomic E-state index is 9.79. The molecule has 1 heterocycles. The molecule has 0 aliphatic heterocycles. The van der Waals surface area contributed by atoms with Crippen molar-refractivity contribution in [3.05, 3.63) is 29.3 Å². The van der Waals surface area contributed by atoms with Crippen LogP contribution in [-0.4, -0.2) is 10.2 Å². The summed E-state index contributed by atoms with van der Waals surface area (Å²) in [5, 5.41) is 9.69. The molecule has 1 rings (SSSR count). The van der Waals surface area contributed by atoms with Gasteiger partial charge in [0.1, 0.15) is 5.03 Å². The molecule has 64 valence electrons. The molecular weight excluding hydrogens is 198 g/mol. The van der Waals surface area contributed by atoms with Crippen LogP contribution in [0.5, 0.6) is 0 Å². The number of halogens is 1. The largest absolute Gasteiger partial charge is 0.274 e. The number of rotatable bonds is 1. The van der Waals surface area contributed by atoms with Crippen molar-refractivity contribution in [2.24, 2.45) is 5.18 Å². The van der Waals surface area contributed by atoms with E-state index in [1.54, 1.807) is 24.4 Å². The van der Waals surface area contributed by atoms with Crippen LogP contribution in [0.2, 0.25) is 0 Å². The lowest BCUT2D eigenvalue weighted by atomic mass is 10.5. The minimum atomic E-state index is -0.274. The van der Waals surface area contributed by atoms with Crippen LogP contribution in [-0.2, 0) is 0 Å².